The highest BCUT2D eigenvalue weighted by Crippen LogP contribution is 2.31. The molecule has 11 heteroatoms. The number of anilines is 2. The first-order chi connectivity index (χ1) is 17.8. The van der Waals surface area contributed by atoms with Gasteiger partial charge in [-0.2, -0.15) is 0 Å². The molecule has 1 N–H and O–H groups in total. The Hall–Kier alpha value is -2.75. The number of ether oxygens (including phenoxy) is 1. The Bertz CT molecular complexity index is 1100. The maximum Gasteiger partial charge on any atom is 0.311 e. The fraction of sp³-hybridized carbons (Fsp3) is 0.519. The second-order valence-corrected chi connectivity index (χ2v) is 10.2. The molecule has 9 nitrogen and oxygen atoms in total. The highest BCUT2D eigenvalue weighted by atomic mass is 35.5. The molecule has 0 saturated carbocycles. The van der Waals surface area contributed by atoms with Crippen LogP contribution in [-0.2, 0) is 4.79 Å². The standard InChI is InChI=1S/C26H33Cl2N5O4.CH4/c1-2-37-25-17-20(3-6-24(25)33(35)36)29-19-7-11-32(12-8-19)26(34)9-10-30-13-15-31(16-14-30)21-4-5-22(27)23(28)18-21;/h3-6,17-19,29H,2,7-16H2,1H3;1H4. The third-order valence-corrected chi connectivity index (χ3v) is 7.70. The van der Waals surface area contributed by atoms with Crippen molar-refractivity contribution in [2.45, 2.75) is 39.7 Å². The first-order valence-electron chi connectivity index (χ1n) is 12.7. The first kappa shape index (κ1) is 29.8. The van der Waals surface area contributed by atoms with E-state index in [0.717, 1.165) is 56.9 Å². The average Bonchev–Trinajstić information content (AvgIpc) is 2.90. The predicted octanol–water partition coefficient (Wildman–Crippen LogP) is 5.55. The van der Waals surface area contributed by atoms with E-state index in [4.69, 9.17) is 27.9 Å². The van der Waals surface area contributed by atoms with Gasteiger partial charge in [-0.15, -0.1) is 0 Å². The van der Waals surface area contributed by atoms with Crippen LogP contribution in [0.5, 0.6) is 5.75 Å². The zero-order valence-corrected chi connectivity index (χ0v) is 22.5. The van der Waals surface area contributed by atoms with E-state index in [2.05, 4.69) is 15.1 Å². The lowest BCUT2D eigenvalue weighted by atomic mass is 10.0. The lowest BCUT2D eigenvalue weighted by Gasteiger charge is -2.37. The first-order valence-corrected chi connectivity index (χ1v) is 13.5. The molecule has 38 heavy (non-hydrogen) atoms. The SMILES string of the molecule is C.CCOc1cc(NC2CCN(C(=O)CCN3CCN(c4ccc(Cl)c(Cl)c4)CC3)CC2)ccc1[N+](=O)[O-]. The van der Waals surface area contributed by atoms with Crippen LogP contribution in [-0.4, -0.2) is 79.1 Å². The second-order valence-electron chi connectivity index (χ2n) is 9.35. The van der Waals surface area contributed by atoms with Gasteiger partial charge in [-0.25, -0.2) is 0 Å². The lowest BCUT2D eigenvalue weighted by molar-refractivity contribution is -0.385. The van der Waals surface area contributed by atoms with Crippen LogP contribution in [0.4, 0.5) is 17.1 Å². The van der Waals surface area contributed by atoms with E-state index in [-0.39, 0.29) is 30.8 Å². The predicted molar refractivity (Wildman–Crippen MR) is 154 cm³/mol. The Morgan fingerprint density at radius 3 is 2.39 bits per heavy atom. The minimum absolute atomic E-state index is 0. The van der Waals surface area contributed by atoms with Crippen molar-refractivity contribution in [2.24, 2.45) is 0 Å². The number of nitro groups is 1. The Kier molecular flexibility index (Phi) is 10.9. The van der Waals surface area contributed by atoms with Crippen LogP contribution in [0.3, 0.4) is 0 Å². The second kappa shape index (κ2) is 13.9. The van der Waals surface area contributed by atoms with Gasteiger partial charge in [0.2, 0.25) is 5.91 Å². The minimum Gasteiger partial charge on any atom is -0.487 e. The number of halogens is 2. The van der Waals surface area contributed by atoms with Crippen LogP contribution >= 0.6 is 23.2 Å². The normalized spacial score (nSPS) is 16.6. The number of carbonyl (C=O) groups excluding carboxylic acids is 1. The highest BCUT2D eigenvalue weighted by Gasteiger charge is 2.25. The molecule has 2 aromatic carbocycles. The molecule has 4 rings (SSSR count). The lowest BCUT2D eigenvalue weighted by Crippen LogP contribution is -2.48. The molecule has 0 radical (unpaired) electrons. The van der Waals surface area contributed by atoms with Crippen molar-refractivity contribution in [1.82, 2.24) is 9.80 Å². The molecule has 0 bridgehead atoms. The van der Waals surface area contributed by atoms with Gasteiger partial charge in [0.05, 0.1) is 21.6 Å². The van der Waals surface area contributed by atoms with Crippen LogP contribution in [0, 0.1) is 10.1 Å². The summed E-state index contributed by atoms with van der Waals surface area (Å²) in [5, 5.41) is 15.8. The van der Waals surface area contributed by atoms with E-state index < -0.39 is 4.92 Å². The number of carbonyl (C=O) groups is 1. The number of benzene rings is 2. The molecule has 2 aromatic rings. The average molecular weight is 567 g/mol. The van der Waals surface area contributed by atoms with Gasteiger partial charge >= 0.3 is 5.69 Å². The van der Waals surface area contributed by atoms with Crippen molar-refractivity contribution >= 4 is 46.2 Å². The van der Waals surface area contributed by atoms with Crippen molar-refractivity contribution in [2.75, 3.05) is 62.6 Å². The molecule has 0 unspecified atom stereocenters. The van der Waals surface area contributed by atoms with Crippen molar-refractivity contribution in [1.29, 1.82) is 0 Å². The van der Waals surface area contributed by atoms with Crippen molar-refractivity contribution in [3.63, 3.8) is 0 Å². The molecular weight excluding hydrogens is 529 g/mol. The molecule has 0 spiro atoms. The van der Waals surface area contributed by atoms with Gasteiger partial charge in [-0.05, 0) is 44.0 Å². The van der Waals surface area contributed by atoms with E-state index >= 15 is 0 Å². The van der Waals surface area contributed by atoms with Gasteiger partial charge in [0.1, 0.15) is 0 Å². The van der Waals surface area contributed by atoms with Crippen LogP contribution in [0.15, 0.2) is 36.4 Å². The van der Waals surface area contributed by atoms with Crippen molar-refractivity contribution in [3.8, 4) is 5.75 Å². The summed E-state index contributed by atoms with van der Waals surface area (Å²) in [5.41, 5.74) is 1.83. The zero-order valence-electron chi connectivity index (χ0n) is 21.0. The molecule has 2 saturated heterocycles. The number of nitrogens with zero attached hydrogens (tertiary/aromatic N) is 4. The maximum atomic E-state index is 12.8. The van der Waals surface area contributed by atoms with Gasteiger partial charge in [-0.3, -0.25) is 19.8 Å². The highest BCUT2D eigenvalue weighted by molar-refractivity contribution is 6.42. The number of rotatable bonds is 9. The van der Waals surface area contributed by atoms with E-state index in [1.165, 1.54) is 6.07 Å². The molecule has 1 amide bonds. The zero-order chi connectivity index (χ0) is 26.4. The minimum atomic E-state index is -0.436. The molecule has 0 atom stereocenters. The Labute approximate surface area is 234 Å². The van der Waals surface area contributed by atoms with Gasteiger partial charge in [0, 0.05) is 81.8 Å². The number of amides is 1. The number of likely N-dealkylation sites (tertiary alicyclic amines) is 1. The monoisotopic (exact) mass is 565 g/mol. The van der Waals surface area contributed by atoms with Crippen LogP contribution < -0.4 is 15.0 Å². The molecule has 208 valence electrons. The summed E-state index contributed by atoms with van der Waals surface area (Å²) in [6, 6.07) is 10.8. The van der Waals surface area contributed by atoms with Gasteiger partial charge in [0.25, 0.3) is 0 Å². The fourth-order valence-electron chi connectivity index (χ4n) is 4.86. The van der Waals surface area contributed by atoms with Gasteiger partial charge in [-0.1, -0.05) is 30.6 Å². The summed E-state index contributed by atoms with van der Waals surface area (Å²) in [6.45, 7) is 7.89. The third-order valence-electron chi connectivity index (χ3n) is 6.96. The van der Waals surface area contributed by atoms with Gasteiger partial charge in [0.15, 0.2) is 5.75 Å². The topological polar surface area (TPSA) is 91.2 Å². The Balaban J connectivity index is 0.00000400. The molecule has 2 aliphatic heterocycles. The number of nitro benzene ring substituents is 1. The van der Waals surface area contributed by atoms with Gasteiger partial charge < -0.3 is 19.9 Å². The quantitative estimate of drug-likeness (QED) is 0.314. The maximum absolute atomic E-state index is 12.8. The van der Waals surface area contributed by atoms with E-state index in [1.807, 2.05) is 23.1 Å². The fourth-order valence-corrected chi connectivity index (χ4v) is 5.15. The molecular formula is C27H37Cl2N5O4. The van der Waals surface area contributed by atoms with E-state index in [0.29, 0.717) is 36.2 Å². The van der Waals surface area contributed by atoms with Crippen LogP contribution in [0.2, 0.25) is 10.0 Å². The molecule has 2 aliphatic rings. The summed E-state index contributed by atoms with van der Waals surface area (Å²) in [7, 11) is 0. The van der Waals surface area contributed by atoms with Crippen molar-refractivity contribution in [3.05, 3.63) is 56.6 Å². The number of nitrogens with one attached hydrogen (secondary N) is 1. The number of hydrogen-bond donors (Lipinski definition) is 1. The van der Waals surface area contributed by atoms with Crippen molar-refractivity contribution < 1.29 is 14.5 Å². The summed E-state index contributed by atoms with van der Waals surface area (Å²) >= 11 is 12.2. The smallest absolute Gasteiger partial charge is 0.311 e. The summed E-state index contributed by atoms with van der Waals surface area (Å²) in [5.74, 6) is 0.460. The summed E-state index contributed by atoms with van der Waals surface area (Å²) in [4.78, 5) is 30.2. The Morgan fingerprint density at radius 2 is 1.76 bits per heavy atom. The number of hydrogen-bond acceptors (Lipinski definition) is 7. The van der Waals surface area contributed by atoms with Crippen LogP contribution in [0.1, 0.15) is 33.6 Å². The third kappa shape index (κ3) is 7.65. The molecule has 0 aliphatic carbocycles. The van der Waals surface area contributed by atoms with Crippen LogP contribution in [0.25, 0.3) is 0 Å². The largest absolute Gasteiger partial charge is 0.487 e. The summed E-state index contributed by atoms with van der Waals surface area (Å²) in [6.07, 6.45) is 2.18. The number of piperidine rings is 1. The summed E-state index contributed by atoms with van der Waals surface area (Å²) < 4.78 is 5.44. The number of piperazine rings is 1. The van der Waals surface area contributed by atoms with E-state index in [9.17, 15) is 14.9 Å². The molecule has 2 heterocycles. The Morgan fingerprint density at radius 1 is 1.05 bits per heavy atom. The molecule has 0 aromatic heterocycles. The van der Waals surface area contributed by atoms with E-state index in [1.54, 1.807) is 19.1 Å². The molecule has 2 fully saturated rings.